The van der Waals surface area contributed by atoms with Crippen molar-refractivity contribution in [3.8, 4) is 0 Å². The van der Waals surface area contributed by atoms with E-state index in [1.165, 1.54) is 0 Å². The van der Waals surface area contributed by atoms with Gasteiger partial charge in [-0.3, -0.25) is 9.59 Å². The monoisotopic (exact) mass is 168 g/mol. The lowest BCUT2D eigenvalue weighted by Gasteiger charge is -2.16. The molecule has 0 fully saturated rings. The number of hydrogen-bond donors (Lipinski definition) is 1. The fourth-order valence-electron chi connectivity index (χ4n) is 1.36. The maximum atomic E-state index is 11.2. The summed E-state index contributed by atoms with van der Waals surface area (Å²) >= 11 is 0. The Bertz CT molecular complexity index is 261. The minimum Gasteiger partial charge on any atom is -0.504 e. The van der Waals surface area contributed by atoms with Gasteiger partial charge < -0.3 is 5.11 Å². The molecule has 1 rings (SSSR count). The molecule has 0 saturated carbocycles. The van der Waals surface area contributed by atoms with Gasteiger partial charge in [0.05, 0.1) is 0 Å². The van der Waals surface area contributed by atoms with Crippen molar-refractivity contribution in [2.24, 2.45) is 5.92 Å². The smallest absolute Gasteiger partial charge is 0.197 e. The average molecular weight is 168 g/mol. The topological polar surface area (TPSA) is 54.4 Å². The Kier molecular flexibility index (Phi) is 2.31. The van der Waals surface area contributed by atoms with Gasteiger partial charge in [0.25, 0.3) is 0 Å². The molecule has 1 aliphatic rings. The lowest BCUT2D eigenvalue weighted by atomic mass is 9.88. The van der Waals surface area contributed by atoms with Gasteiger partial charge >= 0.3 is 0 Å². The Hall–Kier alpha value is -1.12. The lowest BCUT2D eigenvalue weighted by Crippen LogP contribution is -2.22. The second-order valence-corrected chi connectivity index (χ2v) is 3.26. The molecule has 0 amide bonds. The number of aliphatic hydroxyl groups excluding tert-OH is 1. The largest absolute Gasteiger partial charge is 0.504 e. The van der Waals surface area contributed by atoms with Crippen molar-refractivity contribution >= 4 is 11.6 Å². The quantitative estimate of drug-likeness (QED) is 0.643. The Morgan fingerprint density at radius 1 is 1.17 bits per heavy atom. The third-order valence-corrected chi connectivity index (χ3v) is 1.98. The molecule has 1 N–H and O–H groups in total. The van der Waals surface area contributed by atoms with Crippen molar-refractivity contribution in [1.29, 1.82) is 0 Å². The summed E-state index contributed by atoms with van der Waals surface area (Å²) in [5, 5.41) is 9.29. The van der Waals surface area contributed by atoms with Crippen LogP contribution in [0.3, 0.4) is 0 Å². The summed E-state index contributed by atoms with van der Waals surface area (Å²) in [6.45, 7) is 3.59. The first-order valence-electron chi connectivity index (χ1n) is 4.03. The standard InChI is InChI=1S/C9H12O3/c1-5(2)8-6(10)3-4-7(11)9(8)12/h5,12H,3-4H2,1-2H3. The number of ketones is 2. The maximum Gasteiger partial charge on any atom is 0.197 e. The molecule has 0 heterocycles. The van der Waals surface area contributed by atoms with Crippen LogP contribution in [0.1, 0.15) is 26.7 Å². The van der Waals surface area contributed by atoms with E-state index in [-0.39, 0.29) is 36.1 Å². The van der Waals surface area contributed by atoms with Gasteiger partial charge in [-0.05, 0) is 5.92 Å². The lowest BCUT2D eigenvalue weighted by molar-refractivity contribution is -0.124. The maximum absolute atomic E-state index is 11.2. The van der Waals surface area contributed by atoms with E-state index >= 15 is 0 Å². The highest BCUT2D eigenvalue weighted by Gasteiger charge is 2.27. The summed E-state index contributed by atoms with van der Waals surface area (Å²) in [5.74, 6) is -0.789. The zero-order chi connectivity index (χ0) is 9.30. The van der Waals surface area contributed by atoms with Crippen LogP contribution >= 0.6 is 0 Å². The Labute approximate surface area is 71.1 Å². The molecular formula is C9H12O3. The Morgan fingerprint density at radius 2 is 1.67 bits per heavy atom. The Balaban J connectivity index is 3.10. The van der Waals surface area contributed by atoms with E-state index in [4.69, 9.17) is 0 Å². The van der Waals surface area contributed by atoms with Crippen LogP contribution in [0.15, 0.2) is 11.3 Å². The summed E-state index contributed by atoms with van der Waals surface area (Å²) in [5.41, 5.74) is 0.297. The summed E-state index contributed by atoms with van der Waals surface area (Å²) in [7, 11) is 0. The van der Waals surface area contributed by atoms with Gasteiger partial charge in [-0.25, -0.2) is 0 Å². The van der Waals surface area contributed by atoms with Crippen LogP contribution in [0, 0.1) is 5.92 Å². The molecule has 0 spiro atoms. The van der Waals surface area contributed by atoms with E-state index in [2.05, 4.69) is 0 Å². The van der Waals surface area contributed by atoms with Crippen molar-refractivity contribution in [3.05, 3.63) is 11.3 Å². The molecule has 1 aliphatic carbocycles. The van der Waals surface area contributed by atoms with Crippen molar-refractivity contribution in [3.63, 3.8) is 0 Å². The highest BCUT2D eigenvalue weighted by atomic mass is 16.3. The molecule has 0 radical (unpaired) electrons. The molecule has 0 bridgehead atoms. The van der Waals surface area contributed by atoms with E-state index < -0.39 is 0 Å². The fourth-order valence-corrected chi connectivity index (χ4v) is 1.36. The van der Waals surface area contributed by atoms with Crippen LogP contribution in [0.5, 0.6) is 0 Å². The number of allylic oxidation sites excluding steroid dienone is 2. The van der Waals surface area contributed by atoms with Gasteiger partial charge in [0.2, 0.25) is 0 Å². The zero-order valence-electron chi connectivity index (χ0n) is 7.26. The van der Waals surface area contributed by atoms with Gasteiger partial charge in [0, 0.05) is 18.4 Å². The summed E-state index contributed by atoms with van der Waals surface area (Å²) in [4.78, 5) is 22.2. The molecule has 0 aliphatic heterocycles. The van der Waals surface area contributed by atoms with Crippen LogP contribution in [-0.4, -0.2) is 16.7 Å². The summed E-state index contributed by atoms with van der Waals surface area (Å²) in [6, 6.07) is 0. The second-order valence-electron chi connectivity index (χ2n) is 3.26. The first-order chi connectivity index (χ1) is 5.54. The van der Waals surface area contributed by atoms with Gasteiger partial charge in [-0.2, -0.15) is 0 Å². The van der Waals surface area contributed by atoms with Crippen LogP contribution in [0.2, 0.25) is 0 Å². The molecule has 0 unspecified atom stereocenters. The Morgan fingerprint density at radius 3 is 2.08 bits per heavy atom. The zero-order valence-corrected chi connectivity index (χ0v) is 7.26. The highest BCUT2D eigenvalue weighted by molar-refractivity contribution is 6.10. The number of Topliss-reactive ketones (excluding diaryl/α,β-unsaturated/α-hetero) is 2. The van der Waals surface area contributed by atoms with E-state index in [0.717, 1.165) is 0 Å². The average Bonchev–Trinajstić information content (AvgIpc) is 1.97. The minimum absolute atomic E-state index is 0.0678. The van der Waals surface area contributed by atoms with Gasteiger partial charge in [-0.1, -0.05) is 13.8 Å². The normalized spacial score (nSPS) is 19.2. The van der Waals surface area contributed by atoms with Gasteiger partial charge in [0.1, 0.15) is 0 Å². The molecular weight excluding hydrogens is 156 g/mol. The van der Waals surface area contributed by atoms with E-state index in [1.807, 2.05) is 0 Å². The van der Waals surface area contributed by atoms with Crippen LogP contribution in [0.4, 0.5) is 0 Å². The fraction of sp³-hybridized carbons (Fsp3) is 0.556. The molecule has 3 nitrogen and oxygen atoms in total. The van der Waals surface area contributed by atoms with Crippen LogP contribution in [0.25, 0.3) is 0 Å². The molecule has 12 heavy (non-hydrogen) atoms. The third-order valence-electron chi connectivity index (χ3n) is 1.98. The van der Waals surface area contributed by atoms with E-state index in [1.54, 1.807) is 13.8 Å². The van der Waals surface area contributed by atoms with Crippen molar-refractivity contribution in [2.45, 2.75) is 26.7 Å². The predicted octanol–water partition coefficient (Wildman–Crippen LogP) is 1.39. The summed E-state index contributed by atoms with van der Waals surface area (Å²) in [6.07, 6.45) is 0.400. The van der Waals surface area contributed by atoms with Crippen molar-refractivity contribution in [1.82, 2.24) is 0 Å². The highest BCUT2D eigenvalue weighted by Crippen LogP contribution is 2.23. The molecule has 0 saturated heterocycles. The molecule has 0 aromatic carbocycles. The van der Waals surface area contributed by atoms with E-state index in [9.17, 15) is 14.7 Å². The number of carbonyl (C=O) groups is 2. The molecule has 0 aromatic rings. The van der Waals surface area contributed by atoms with Crippen molar-refractivity contribution in [2.75, 3.05) is 0 Å². The number of aliphatic hydroxyl groups is 1. The van der Waals surface area contributed by atoms with Gasteiger partial charge in [-0.15, -0.1) is 0 Å². The minimum atomic E-state index is -0.318. The number of rotatable bonds is 1. The summed E-state index contributed by atoms with van der Waals surface area (Å²) < 4.78 is 0. The van der Waals surface area contributed by atoms with Crippen molar-refractivity contribution < 1.29 is 14.7 Å². The number of hydrogen-bond acceptors (Lipinski definition) is 3. The predicted molar refractivity (Wildman–Crippen MR) is 43.7 cm³/mol. The van der Waals surface area contributed by atoms with Gasteiger partial charge in [0.15, 0.2) is 17.3 Å². The van der Waals surface area contributed by atoms with Crippen LogP contribution < -0.4 is 0 Å². The van der Waals surface area contributed by atoms with E-state index in [0.29, 0.717) is 5.57 Å². The molecule has 0 atom stereocenters. The molecule has 66 valence electrons. The first kappa shape index (κ1) is 8.97. The van der Waals surface area contributed by atoms with Crippen LogP contribution in [-0.2, 0) is 9.59 Å². The SMILES string of the molecule is CC(C)C1=C(O)C(=O)CCC1=O. The second kappa shape index (κ2) is 3.09. The molecule has 0 aromatic heterocycles. The third kappa shape index (κ3) is 1.40. The number of carbonyl (C=O) groups excluding carboxylic acids is 2. The molecule has 3 heteroatoms. The first-order valence-corrected chi connectivity index (χ1v) is 4.03.